The topological polar surface area (TPSA) is 103 Å². The van der Waals surface area contributed by atoms with Crippen molar-refractivity contribution in [1.82, 2.24) is 9.66 Å². The van der Waals surface area contributed by atoms with E-state index < -0.39 is 18.2 Å². The molecule has 22 heavy (non-hydrogen) atoms. The number of rotatable bonds is 7. The number of imidazole rings is 1. The minimum atomic E-state index is -1.21. The number of esters is 2. The molecule has 8 heteroatoms. The van der Waals surface area contributed by atoms with Gasteiger partial charge in [-0.1, -0.05) is 13.8 Å². The van der Waals surface area contributed by atoms with Gasteiger partial charge in [-0.15, -0.1) is 0 Å². The molecule has 1 unspecified atom stereocenters. The van der Waals surface area contributed by atoms with E-state index in [1.54, 1.807) is 13.8 Å². The summed E-state index contributed by atoms with van der Waals surface area (Å²) in [5.41, 5.74) is 3.45. The van der Waals surface area contributed by atoms with E-state index in [0.29, 0.717) is 11.5 Å². The molecule has 124 valence electrons. The van der Waals surface area contributed by atoms with Gasteiger partial charge < -0.3 is 14.6 Å². The first kappa shape index (κ1) is 18.0. The molecule has 0 aliphatic rings. The molecule has 0 saturated carbocycles. The summed E-state index contributed by atoms with van der Waals surface area (Å²) in [6.07, 6.45) is -1.47. The Hall–Kier alpha value is -2.09. The number of hydrogen-bond acceptors (Lipinski definition) is 7. The molecule has 1 heterocycles. The van der Waals surface area contributed by atoms with Gasteiger partial charge in [-0.3, -0.25) is 10.2 Å². The number of aliphatic hydroxyl groups is 1. The number of carbonyl (C=O) groups is 2. The highest BCUT2D eigenvalue weighted by Gasteiger charge is 2.26. The number of methoxy groups -OCH3 is 1. The zero-order valence-corrected chi connectivity index (χ0v) is 13.5. The van der Waals surface area contributed by atoms with Crippen molar-refractivity contribution in [3.05, 3.63) is 17.2 Å². The van der Waals surface area contributed by atoms with Gasteiger partial charge in [0.15, 0.2) is 5.69 Å². The molecule has 0 aliphatic heterocycles. The van der Waals surface area contributed by atoms with Crippen molar-refractivity contribution in [2.45, 2.75) is 46.3 Å². The second-order valence-electron chi connectivity index (χ2n) is 5.03. The number of nitrogens with one attached hydrogen (secondary N) is 1. The molecule has 0 bridgehead atoms. The number of aromatic nitrogens is 2. The first-order valence-corrected chi connectivity index (χ1v) is 7.09. The molecule has 0 fully saturated rings. The molecule has 1 rings (SSSR count). The number of aliphatic hydroxyl groups excluding tert-OH is 1. The summed E-state index contributed by atoms with van der Waals surface area (Å²) < 4.78 is 10.9. The highest BCUT2D eigenvalue weighted by Crippen LogP contribution is 2.20. The van der Waals surface area contributed by atoms with E-state index in [-0.39, 0.29) is 24.6 Å². The van der Waals surface area contributed by atoms with Crippen LogP contribution in [0.5, 0.6) is 0 Å². The fraction of sp³-hybridized carbons (Fsp3) is 0.643. The Morgan fingerprint density at radius 2 is 2.05 bits per heavy atom. The van der Waals surface area contributed by atoms with Crippen molar-refractivity contribution in [1.29, 1.82) is 0 Å². The summed E-state index contributed by atoms with van der Waals surface area (Å²) >= 11 is 0. The fourth-order valence-electron chi connectivity index (χ4n) is 1.95. The normalized spacial score (nSPS) is 12.1. The molecular formula is C14H23N3O5. The van der Waals surface area contributed by atoms with E-state index in [1.807, 2.05) is 13.8 Å². The molecule has 0 saturated heterocycles. The summed E-state index contributed by atoms with van der Waals surface area (Å²) in [7, 11) is 1.23. The maximum Gasteiger partial charge on any atom is 0.358 e. The van der Waals surface area contributed by atoms with E-state index >= 15 is 0 Å². The molecule has 2 N–H and O–H groups in total. The average molecular weight is 313 g/mol. The Morgan fingerprint density at radius 3 is 2.55 bits per heavy atom. The number of nitrogens with zero attached hydrogens (tertiary/aromatic N) is 2. The summed E-state index contributed by atoms with van der Waals surface area (Å²) in [6.45, 7) is 7.43. The maximum atomic E-state index is 12.2. The van der Waals surface area contributed by atoms with Crippen molar-refractivity contribution in [2.24, 2.45) is 0 Å². The SMILES string of the molecule is CCOC(=O)c1c(C(C)C)nc(C)n1NC(O)CC(=O)OC. The van der Waals surface area contributed by atoms with Crippen LogP contribution in [0.1, 0.15) is 55.1 Å². The molecule has 1 aromatic rings. The number of aryl methyl sites for hydroxylation is 1. The lowest BCUT2D eigenvalue weighted by Gasteiger charge is -2.17. The Morgan fingerprint density at radius 1 is 1.41 bits per heavy atom. The number of ether oxygens (including phenoxy) is 2. The van der Waals surface area contributed by atoms with Crippen molar-refractivity contribution < 1.29 is 24.2 Å². The van der Waals surface area contributed by atoms with Crippen LogP contribution in [0.15, 0.2) is 0 Å². The Balaban J connectivity index is 3.11. The van der Waals surface area contributed by atoms with Crippen LogP contribution in [-0.4, -0.2) is 46.6 Å². The fourth-order valence-corrected chi connectivity index (χ4v) is 1.95. The lowest BCUT2D eigenvalue weighted by molar-refractivity contribution is -0.142. The highest BCUT2D eigenvalue weighted by atomic mass is 16.5. The van der Waals surface area contributed by atoms with Crippen molar-refractivity contribution >= 4 is 11.9 Å². The monoisotopic (exact) mass is 313 g/mol. The van der Waals surface area contributed by atoms with E-state index in [4.69, 9.17) is 4.74 Å². The second-order valence-corrected chi connectivity index (χ2v) is 5.03. The van der Waals surface area contributed by atoms with Gasteiger partial charge in [0, 0.05) is 0 Å². The van der Waals surface area contributed by atoms with Crippen molar-refractivity contribution in [3.8, 4) is 0 Å². The first-order valence-electron chi connectivity index (χ1n) is 7.09. The summed E-state index contributed by atoms with van der Waals surface area (Å²) in [5, 5.41) is 9.90. The largest absolute Gasteiger partial charge is 0.469 e. The van der Waals surface area contributed by atoms with Crippen LogP contribution in [0.4, 0.5) is 0 Å². The van der Waals surface area contributed by atoms with Crippen molar-refractivity contribution in [2.75, 3.05) is 19.1 Å². The molecule has 0 amide bonds. The summed E-state index contributed by atoms with van der Waals surface area (Å²) in [4.78, 5) is 27.7. The predicted octanol–water partition coefficient (Wildman–Crippen LogP) is 0.917. The van der Waals surface area contributed by atoms with Gasteiger partial charge in [0.1, 0.15) is 12.1 Å². The Bertz CT molecular complexity index is 539. The molecular weight excluding hydrogens is 290 g/mol. The first-order chi connectivity index (χ1) is 10.3. The van der Waals surface area contributed by atoms with E-state index in [2.05, 4.69) is 15.1 Å². The standard InChI is InChI=1S/C14H23N3O5/c1-6-22-14(20)13-12(8(2)3)15-9(4)17(13)16-10(18)7-11(19)21-5/h8,10,16,18H,6-7H2,1-5H3. The van der Waals surface area contributed by atoms with Gasteiger partial charge in [0.2, 0.25) is 0 Å². The van der Waals surface area contributed by atoms with E-state index in [9.17, 15) is 14.7 Å². The van der Waals surface area contributed by atoms with Gasteiger partial charge in [0.25, 0.3) is 0 Å². The molecule has 1 aromatic heterocycles. The third-order valence-electron chi connectivity index (χ3n) is 2.95. The highest BCUT2D eigenvalue weighted by molar-refractivity contribution is 5.89. The van der Waals surface area contributed by atoms with Crippen LogP contribution in [0.3, 0.4) is 0 Å². The van der Waals surface area contributed by atoms with Crippen LogP contribution in [0, 0.1) is 6.92 Å². The van der Waals surface area contributed by atoms with Crippen molar-refractivity contribution in [3.63, 3.8) is 0 Å². The third-order valence-corrected chi connectivity index (χ3v) is 2.95. The van der Waals surface area contributed by atoms with Gasteiger partial charge in [-0.05, 0) is 19.8 Å². The number of carbonyl (C=O) groups excluding carboxylic acids is 2. The van der Waals surface area contributed by atoms with Gasteiger partial charge in [0.05, 0.1) is 25.8 Å². The molecule has 0 aromatic carbocycles. The van der Waals surface area contributed by atoms with Crippen LogP contribution in [0.2, 0.25) is 0 Å². The average Bonchev–Trinajstić information content (AvgIpc) is 2.76. The lowest BCUT2D eigenvalue weighted by Crippen LogP contribution is -2.33. The predicted molar refractivity (Wildman–Crippen MR) is 79.0 cm³/mol. The zero-order valence-electron chi connectivity index (χ0n) is 13.5. The third kappa shape index (κ3) is 4.20. The van der Waals surface area contributed by atoms with Crippen LogP contribution >= 0.6 is 0 Å². The minimum Gasteiger partial charge on any atom is -0.469 e. The van der Waals surface area contributed by atoms with Gasteiger partial charge in [-0.25, -0.2) is 14.5 Å². The second kappa shape index (κ2) is 7.79. The number of hydrogen-bond donors (Lipinski definition) is 2. The van der Waals surface area contributed by atoms with E-state index in [0.717, 1.165) is 0 Å². The van der Waals surface area contributed by atoms with Gasteiger partial charge >= 0.3 is 11.9 Å². The van der Waals surface area contributed by atoms with Crippen LogP contribution in [-0.2, 0) is 14.3 Å². The molecule has 0 radical (unpaired) electrons. The van der Waals surface area contributed by atoms with Crippen LogP contribution < -0.4 is 5.43 Å². The molecule has 1 atom stereocenters. The van der Waals surface area contributed by atoms with Gasteiger partial charge in [-0.2, -0.15) is 0 Å². The summed E-state index contributed by atoms with van der Waals surface area (Å²) in [5.74, 6) is -0.626. The molecule has 8 nitrogen and oxygen atoms in total. The zero-order chi connectivity index (χ0) is 16.9. The quantitative estimate of drug-likeness (QED) is 0.570. The minimum absolute atomic E-state index is 0.00101. The van der Waals surface area contributed by atoms with Crippen LogP contribution in [0.25, 0.3) is 0 Å². The lowest BCUT2D eigenvalue weighted by atomic mass is 10.1. The summed E-state index contributed by atoms with van der Waals surface area (Å²) in [6, 6.07) is 0. The Kier molecular flexibility index (Phi) is 6.36. The molecule has 0 spiro atoms. The maximum absolute atomic E-state index is 12.2. The van der Waals surface area contributed by atoms with E-state index in [1.165, 1.54) is 11.8 Å². The smallest absolute Gasteiger partial charge is 0.358 e. The molecule has 0 aliphatic carbocycles. The Labute approximate surface area is 129 Å².